The Labute approximate surface area is 236 Å². The number of benzene rings is 4. The van der Waals surface area contributed by atoms with E-state index in [0.717, 1.165) is 38.0 Å². The number of fused-ring (bicyclic) bond motifs is 1. The molecule has 0 saturated heterocycles. The summed E-state index contributed by atoms with van der Waals surface area (Å²) in [5.41, 5.74) is 3.19. The molecule has 208 valence electrons. The standard InChI is InChI=1S/C32H35N3O4S/c1-4-33-32(37)30(21-25-13-6-5-7-14-25)34(22-26-15-10-12-24(2)20-26)31(36)23-35(40(3,38)39)29-19-11-17-27-16-8-9-18-28(27)29/h5-20,30H,4,21-23H2,1-3H3,(H,33,37). The van der Waals surface area contributed by atoms with Gasteiger partial charge in [-0.15, -0.1) is 0 Å². The van der Waals surface area contributed by atoms with E-state index in [2.05, 4.69) is 5.32 Å². The van der Waals surface area contributed by atoms with E-state index < -0.39 is 28.5 Å². The van der Waals surface area contributed by atoms with Crippen LogP contribution >= 0.6 is 0 Å². The topological polar surface area (TPSA) is 86.8 Å². The molecule has 0 aliphatic rings. The lowest BCUT2D eigenvalue weighted by molar-refractivity contribution is -0.140. The van der Waals surface area contributed by atoms with Gasteiger partial charge in [-0.25, -0.2) is 8.42 Å². The van der Waals surface area contributed by atoms with Gasteiger partial charge in [-0.2, -0.15) is 0 Å². The minimum atomic E-state index is -3.85. The number of amides is 2. The van der Waals surface area contributed by atoms with Crippen molar-refractivity contribution in [2.75, 3.05) is 23.7 Å². The summed E-state index contributed by atoms with van der Waals surface area (Å²) in [5, 5.41) is 4.46. The third-order valence-corrected chi connectivity index (χ3v) is 7.90. The Bertz CT molecular complexity index is 1580. The van der Waals surface area contributed by atoms with Crippen molar-refractivity contribution in [1.82, 2.24) is 10.2 Å². The van der Waals surface area contributed by atoms with Crippen LogP contribution in [-0.4, -0.2) is 50.5 Å². The maximum Gasteiger partial charge on any atom is 0.244 e. The van der Waals surface area contributed by atoms with Crippen molar-refractivity contribution in [2.24, 2.45) is 0 Å². The van der Waals surface area contributed by atoms with E-state index in [1.165, 1.54) is 4.90 Å². The molecule has 4 aromatic rings. The highest BCUT2D eigenvalue weighted by atomic mass is 32.2. The Hall–Kier alpha value is -4.17. The molecular weight excluding hydrogens is 522 g/mol. The van der Waals surface area contributed by atoms with Gasteiger partial charge in [0.2, 0.25) is 21.8 Å². The highest BCUT2D eigenvalue weighted by Gasteiger charge is 2.33. The molecule has 0 spiro atoms. The molecule has 4 aromatic carbocycles. The Morgan fingerprint density at radius 1 is 0.850 bits per heavy atom. The zero-order chi connectivity index (χ0) is 28.7. The highest BCUT2D eigenvalue weighted by Crippen LogP contribution is 2.29. The van der Waals surface area contributed by atoms with Gasteiger partial charge in [0.25, 0.3) is 0 Å². The van der Waals surface area contributed by atoms with E-state index in [-0.39, 0.29) is 18.9 Å². The summed E-state index contributed by atoms with van der Waals surface area (Å²) in [6, 6.07) is 29.2. The Kier molecular flexibility index (Phi) is 9.22. The minimum Gasteiger partial charge on any atom is -0.355 e. The second-order valence-electron chi connectivity index (χ2n) is 9.88. The second kappa shape index (κ2) is 12.8. The molecule has 0 aliphatic heterocycles. The summed E-state index contributed by atoms with van der Waals surface area (Å²) in [4.78, 5) is 29.1. The third kappa shape index (κ3) is 7.07. The first-order chi connectivity index (χ1) is 19.2. The maximum atomic E-state index is 14.2. The van der Waals surface area contributed by atoms with Gasteiger partial charge in [-0.3, -0.25) is 13.9 Å². The average molecular weight is 558 g/mol. The number of sulfonamides is 1. The first-order valence-electron chi connectivity index (χ1n) is 13.3. The summed E-state index contributed by atoms with van der Waals surface area (Å²) >= 11 is 0. The number of nitrogens with one attached hydrogen (secondary N) is 1. The molecule has 2 amide bonds. The van der Waals surface area contributed by atoms with E-state index in [0.29, 0.717) is 12.2 Å². The number of nitrogens with zero attached hydrogens (tertiary/aromatic N) is 2. The van der Waals surface area contributed by atoms with Crippen LogP contribution in [0.3, 0.4) is 0 Å². The Balaban J connectivity index is 1.77. The molecule has 0 fully saturated rings. The smallest absolute Gasteiger partial charge is 0.244 e. The van der Waals surface area contributed by atoms with Gasteiger partial charge in [0.15, 0.2) is 0 Å². The van der Waals surface area contributed by atoms with Crippen LogP contribution in [0, 0.1) is 6.92 Å². The van der Waals surface area contributed by atoms with Gasteiger partial charge in [-0.1, -0.05) is 96.6 Å². The number of likely N-dealkylation sites (N-methyl/N-ethyl adjacent to an activating group) is 1. The van der Waals surface area contributed by atoms with Crippen molar-refractivity contribution >= 4 is 38.3 Å². The van der Waals surface area contributed by atoms with Gasteiger partial charge in [0, 0.05) is 24.9 Å². The SMILES string of the molecule is CCNC(=O)C(Cc1ccccc1)N(Cc1cccc(C)c1)C(=O)CN(c1cccc2ccccc12)S(C)(=O)=O. The van der Waals surface area contributed by atoms with E-state index in [1.54, 1.807) is 12.1 Å². The van der Waals surface area contributed by atoms with Crippen molar-refractivity contribution in [3.05, 3.63) is 114 Å². The normalized spacial score (nSPS) is 12.1. The number of rotatable bonds is 11. The van der Waals surface area contributed by atoms with Crippen molar-refractivity contribution in [3.8, 4) is 0 Å². The summed E-state index contributed by atoms with van der Waals surface area (Å²) in [5.74, 6) is -0.754. The first kappa shape index (κ1) is 28.8. The monoisotopic (exact) mass is 557 g/mol. The fraction of sp³-hybridized carbons (Fsp3) is 0.250. The van der Waals surface area contributed by atoms with Crippen LogP contribution in [0.5, 0.6) is 0 Å². The Morgan fingerprint density at radius 3 is 2.20 bits per heavy atom. The summed E-state index contributed by atoms with van der Waals surface area (Å²) in [6.07, 6.45) is 1.38. The zero-order valence-corrected chi connectivity index (χ0v) is 23.9. The number of carbonyl (C=O) groups is 2. The number of hydrogen-bond donors (Lipinski definition) is 1. The lowest BCUT2D eigenvalue weighted by Gasteiger charge is -2.33. The van der Waals surface area contributed by atoms with Crippen LogP contribution in [0.2, 0.25) is 0 Å². The predicted octanol–water partition coefficient (Wildman–Crippen LogP) is 4.69. The quantitative estimate of drug-likeness (QED) is 0.290. The molecule has 0 saturated carbocycles. The second-order valence-corrected chi connectivity index (χ2v) is 11.8. The molecule has 7 nitrogen and oxygen atoms in total. The molecule has 1 N–H and O–H groups in total. The molecule has 0 bridgehead atoms. The van der Waals surface area contributed by atoms with Crippen molar-refractivity contribution in [3.63, 3.8) is 0 Å². The molecule has 4 rings (SSSR count). The minimum absolute atomic E-state index is 0.155. The fourth-order valence-corrected chi connectivity index (χ4v) is 5.74. The summed E-state index contributed by atoms with van der Waals surface area (Å²) in [6.45, 7) is 3.91. The van der Waals surface area contributed by atoms with Gasteiger partial charge < -0.3 is 10.2 Å². The van der Waals surface area contributed by atoms with Crippen LogP contribution in [0.25, 0.3) is 10.8 Å². The highest BCUT2D eigenvalue weighted by molar-refractivity contribution is 7.92. The van der Waals surface area contributed by atoms with Gasteiger partial charge in [0.05, 0.1) is 11.9 Å². The average Bonchev–Trinajstić information content (AvgIpc) is 2.93. The largest absolute Gasteiger partial charge is 0.355 e. The molecule has 0 aromatic heterocycles. The Morgan fingerprint density at radius 2 is 1.50 bits per heavy atom. The number of aryl methyl sites for hydroxylation is 1. The van der Waals surface area contributed by atoms with E-state index in [9.17, 15) is 18.0 Å². The summed E-state index contributed by atoms with van der Waals surface area (Å²) < 4.78 is 27.4. The van der Waals surface area contributed by atoms with Crippen LogP contribution in [0.15, 0.2) is 97.1 Å². The molecule has 1 atom stereocenters. The molecule has 0 heterocycles. The van der Waals surface area contributed by atoms with Gasteiger partial charge in [-0.05, 0) is 36.4 Å². The fourth-order valence-electron chi connectivity index (χ4n) is 4.87. The maximum absolute atomic E-state index is 14.2. The van der Waals surface area contributed by atoms with Crippen LogP contribution in [0.1, 0.15) is 23.6 Å². The zero-order valence-electron chi connectivity index (χ0n) is 23.1. The van der Waals surface area contributed by atoms with Crippen LogP contribution in [0.4, 0.5) is 5.69 Å². The van der Waals surface area contributed by atoms with E-state index in [4.69, 9.17) is 0 Å². The van der Waals surface area contributed by atoms with Crippen LogP contribution < -0.4 is 9.62 Å². The first-order valence-corrected chi connectivity index (χ1v) is 15.1. The predicted molar refractivity (Wildman–Crippen MR) is 160 cm³/mol. The van der Waals surface area contributed by atoms with Crippen molar-refractivity contribution in [2.45, 2.75) is 32.9 Å². The molecule has 40 heavy (non-hydrogen) atoms. The lowest BCUT2D eigenvalue weighted by Crippen LogP contribution is -2.53. The molecule has 0 radical (unpaired) electrons. The van der Waals surface area contributed by atoms with Gasteiger partial charge >= 0.3 is 0 Å². The number of carbonyl (C=O) groups excluding carboxylic acids is 2. The summed E-state index contributed by atoms with van der Waals surface area (Å²) in [7, 11) is -3.85. The molecule has 0 aliphatic carbocycles. The number of hydrogen-bond acceptors (Lipinski definition) is 4. The lowest BCUT2D eigenvalue weighted by atomic mass is 10.0. The molecular formula is C32H35N3O4S. The van der Waals surface area contributed by atoms with Gasteiger partial charge in [0.1, 0.15) is 12.6 Å². The number of anilines is 1. The van der Waals surface area contributed by atoms with E-state index >= 15 is 0 Å². The van der Waals surface area contributed by atoms with E-state index in [1.807, 2.05) is 98.8 Å². The third-order valence-electron chi connectivity index (χ3n) is 6.77. The van der Waals surface area contributed by atoms with Crippen molar-refractivity contribution < 1.29 is 18.0 Å². The molecule has 8 heteroatoms. The molecule has 1 unspecified atom stereocenters. The van der Waals surface area contributed by atoms with Crippen molar-refractivity contribution in [1.29, 1.82) is 0 Å². The van der Waals surface area contributed by atoms with Crippen LogP contribution in [-0.2, 0) is 32.6 Å².